The Morgan fingerprint density at radius 1 is 1.28 bits per heavy atom. The summed E-state index contributed by atoms with van der Waals surface area (Å²) in [6, 6.07) is 10.2. The lowest BCUT2D eigenvalue weighted by Crippen LogP contribution is -2.29. The molecule has 1 saturated carbocycles. The Balaban J connectivity index is 1.89. The third-order valence-corrected chi connectivity index (χ3v) is 4.51. The van der Waals surface area contributed by atoms with Crippen molar-refractivity contribution < 1.29 is 4.79 Å². The van der Waals surface area contributed by atoms with Crippen LogP contribution in [-0.4, -0.2) is 22.9 Å². The Bertz CT molecular complexity index is 755. The van der Waals surface area contributed by atoms with Crippen molar-refractivity contribution in [3.8, 4) is 0 Å². The third-order valence-electron chi connectivity index (χ3n) is 4.51. The molecular weight excluding hydrogens is 312 g/mol. The molecule has 1 fully saturated rings. The van der Waals surface area contributed by atoms with Gasteiger partial charge in [0.1, 0.15) is 11.6 Å². The quantitative estimate of drug-likeness (QED) is 0.811. The lowest BCUT2D eigenvalue weighted by atomic mass is 9.99. The van der Waals surface area contributed by atoms with Crippen LogP contribution >= 0.6 is 0 Å². The summed E-state index contributed by atoms with van der Waals surface area (Å²) in [7, 11) is 1.87. The standard InChI is InChI=1S/C20H26N4O/c1-4-19(25)23-17(15-7-5-6-13(2)10-15)11-16-12-18(21-3)24-20(22-16)14-8-9-14/h5-7,10,12,14,17H,4,8-9,11H2,1-3H3,(H,23,25)(H,21,22,24)/t17-/m1/s1. The molecule has 5 nitrogen and oxygen atoms in total. The van der Waals surface area contributed by atoms with Gasteiger partial charge in [-0.25, -0.2) is 9.97 Å². The highest BCUT2D eigenvalue weighted by atomic mass is 16.1. The number of amides is 1. The van der Waals surface area contributed by atoms with Gasteiger partial charge < -0.3 is 10.6 Å². The first-order valence-electron chi connectivity index (χ1n) is 9.00. The smallest absolute Gasteiger partial charge is 0.220 e. The van der Waals surface area contributed by atoms with Crippen molar-refractivity contribution in [1.82, 2.24) is 15.3 Å². The van der Waals surface area contributed by atoms with Gasteiger partial charge in [0.15, 0.2) is 0 Å². The lowest BCUT2D eigenvalue weighted by molar-refractivity contribution is -0.121. The molecule has 0 aliphatic heterocycles. The first kappa shape index (κ1) is 17.4. The minimum absolute atomic E-state index is 0.0526. The highest BCUT2D eigenvalue weighted by Crippen LogP contribution is 2.38. The number of benzene rings is 1. The van der Waals surface area contributed by atoms with Crippen molar-refractivity contribution in [2.24, 2.45) is 0 Å². The molecule has 25 heavy (non-hydrogen) atoms. The summed E-state index contributed by atoms with van der Waals surface area (Å²) < 4.78 is 0. The molecule has 2 aromatic rings. The molecular formula is C20H26N4O. The molecule has 1 amide bonds. The van der Waals surface area contributed by atoms with Gasteiger partial charge in [0.05, 0.1) is 6.04 Å². The average molecular weight is 338 g/mol. The van der Waals surface area contributed by atoms with E-state index >= 15 is 0 Å². The maximum atomic E-state index is 12.0. The molecule has 1 aromatic heterocycles. The monoisotopic (exact) mass is 338 g/mol. The molecule has 1 aromatic carbocycles. The largest absolute Gasteiger partial charge is 0.373 e. The predicted molar refractivity (Wildman–Crippen MR) is 99.6 cm³/mol. The predicted octanol–water partition coefficient (Wildman–Crippen LogP) is 3.51. The topological polar surface area (TPSA) is 66.9 Å². The number of rotatable bonds is 7. The molecule has 2 N–H and O–H groups in total. The van der Waals surface area contributed by atoms with E-state index in [1.807, 2.05) is 26.1 Å². The van der Waals surface area contributed by atoms with Gasteiger partial charge in [-0.1, -0.05) is 36.8 Å². The minimum Gasteiger partial charge on any atom is -0.373 e. The van der Waals surface area contributed by atoms with Crippen LogP contribution in [-0.2, 0) is 11.2 Å². The lowest BCUT2D eigenvalue weighted by Gasteiger charge is -2.20. The Labute approximate surface area is 149 Å². The molecule has 0 spiro atoms. The van der Waals surface area contributed by atoms with Gasteiger partial charge in [-0.2, -0.15) is 0 Å². The fourth-order valence-electron chi connectivity index (χ4n) is 2.92. The van der Waals surface area contributed by atoms with E-state index in [9.17, 15) is 4.79 Å². The Morgan fingerprint density at radius 2 is 2.08 bits per heavy atom. The van der Waals surface area contributed by atoms with Crippen molar-refractivity contribution in [2.45, 2.75) is 51.5 Å². The zero-order valence-corrected chi connectivity index (χ0v) is 15.2. The molecule has 0 bridgehead atoms. The molecule has 3 rings (SSSR count). The van der Waals surface area contributed by atoms with Crippen molar-refractivity contribution in [2.75, 3.05) is 12.4 Å². The second-order valence-corrected chi connectivity index (χ2v) is 6.72. The van der Waals surface area contributed by atoms with E-state index in [0.29, 0.717) is 18.8 Å². The van der Waals surface area contributed by atoms with Gasteiger partial charge in [-0.15, -0.1) is 0 Å². The van der Waals surface area contributed by atoms with Crippen LogP contribution in [0.1, 0.15) is 60.8 Å². The van der Waals surface area contributed by atoms with E-state index in [-0.39, 0.29) is 11.9 Å². The maximum absolute atomic E-state index is 12.0. The van der Waals surface area contributed by atoms with Gasteiger partial charge >= 0.3 is 0 Å². The molecule has 132 valence electrons. The van der Waals surface area contributed by atoms with E-state index in [1.54, 1.807) is 0 Å². The van der Waals surface area contributed by atoms with Crippen LogP contribution in [0.3, 0.4) is 0 Å². The number of hydrogen-bond acceptors (Lipinski definition) is 4. The zero-order chi connectivity index (χ0) is 17.8. The SMILES string of the molecule is CCC(=O)N[C@H](Cc1cc(NC)nc(C2CC2)n1)c1cccc(C)c1. The normalized spacial score (nSPS) is 14.8. The summed E-state index contributed by atoms with van der Waals surface area (Å²) in [6.07, 6.45) is 3.47. The minimum atomic E-state index is -0.0843. The fourth-order valence-corrected chi connectivity index (χ4v) is 2.92. The van der Waals surface area contributed by atoms with Gasteiger partial charge in [0, 0.05) is 37.6 Å². The Kier molecular flexibility index (Phi) is 5.31. The second-order valence-electron chi connectivity index (χ2n) is 6.72. The number of aromatic nitrogens is 2. The van der Waals surface area contributed by atoms with Crippen LogP contribution < -0.4 is 10.6 Å². The fraction of sp³-hybridized carbons (Fsp3) is 0.450. The number of hydrogen-bond donors (Lipinski definition) is 2. The first-order valence-corrected chi connectivity index (χ1v) is 9.00. The Hall–Kier alpha value is -2.43. The van der Waals surface area contributed by atoms with Crippen molar-refractivity contribution in [1.29, 1.82) is 0 Å². The Morgan fingerprint density at radius 3 is 2.72 bits per heavy atom. The number of aryl methyl sites for hydroxylation is 1. The van der Waals surface area contributed by atoms with E-state index in [2.05, 4.69) is 40.7 Å². The summed E-state index contributed by atoms with van der Waals surface area (Å²) in [5.74, 6) is 2.31. The summed E-state index contributed by atoms with van der Waals surface area (Å²) in [5.41, 5.74) is 3.26. The molecule has 0 radical (unpaired) electrons. The summed E-state index contributed by atoms with van der Waals surface area (Å²) in [5, 5.41) is 6.27. The molecule has 1 heterocycles. The van der Waals surface area contributed by atoms with Gasteiger partial charge in [0.25, 0.3) is 0 Å². The second kappa shape index (κ2) is 7.64. The van der Waals surface area contributed by atoms with Crippen molar-refractivity contribution in [3.63, 3.8) is 0 Å². The molecule has 5 heteroatoms. The highest BCUT2D eigenvalue weighted by molar-refractivity contribution is 5.76. The molecule has 0 unspecified atom stereocenters. The first-order chi connectivity index (χ1) is 12.1. The van der Waals surface area contributed by atoms with Crippen LogP contribution in [0, 0.1) is 6.92 Å². The molecule has 1 atom stereocenters. The summed E-state index contributed by atoms with van der Waals surface area (Å²) in [6.45, 7) is 3.94. The van der Waals surface area contributed by atoms with E-state index in [4.69, 9.17) is 4.98 Å². The van der Waals surface area contributed by atoms with Crippen LogP contribution in [0.5, 0.6) is 0 Å². The van der Waals surface area contributed by atoms with Crippen molar-refractivity contribution in [3.05, 3.63) is 53.0 Å². The molecule has 1 aliphatic carbocycles. The number of nitrogens with zero attached hydrogens (tertiary/aromatic N) is 2. The van der Waals surface area contributed by atoms with Crippen LogP contribution in [0.4, 0.5) is 5.82 Å². The molecule has 1 aliphatic rings. The number of carbonyl (C=O) groups excluding carboxylic acids is 1. The van der Waals surface area contributed by atoms with Gasteiger partial charge in [-0.3, -0.25) is 4.79 Å². The van der Waals surface area contributed by atoms with Crippen molar-refractivity contribution >= 4 is 11.7 Å². The van der Waals surface area contributed by atoms with E-state index in [1.165, 1.54) is 18.4 Å². The number of nitrogens with one attached hydrogen (secondary N) is 2. The van der Waals surface area contributed by atoms with E-state index < -0.39 is 0 Å². The van der Waals surface area contributed by atoms with Gasteiger partial charge in [0.2, 0.25) is 5.91 Å². The van der Waals surface area contributed by atoms with E-state index in [0.717, 1.165) is 22.9 Å². The van der Waals surface area contributed by atoms with Crippen LogP contribution in [0.15, 0.2) is 30.3 Å². The number of carbonyl (C=O) groups is 1. The maximum Gasteiger partial charge on any atom is 0.220 e. The zero-order valence-electron chi connectivity index (χ0n) is 15.2. The number of anilines is 1. The van der Waals surface area contributed by atoms with Crippen LogP contribution in [0.25, 0.3) is 0 Å². The third kappa shape index (κ3) is 4.56. The summed E-state index contributed by atoms with van der Waals surface area (Å²) >= 11 is 0. The van der Waals surface area contributed by atoms with Crippen LogP contribution in [0.2, 0.25) is 0 Å². The molecule has 0 saturated heterocycles. The van der Waals surface area contributed by atoms with Gasteiger partial charge in [-0.05, 0) is 25.3 Å². The highest BCUT2D eigenvalue weighted by Gasteiger charge is 2.27. The summed E-state index contributed by atoms with van der Waals surface area (Å²) in [4.78, 5) is 21.4. The average Bonchev–Trinajstić information content (AvgIpc) is 3.46.